The second kappa shape index (κ2) is 8.26. The molecule has 2 fully saturated rings. The molecule has 31 heavy (non-hydrogen) atoms. The second-order valence-corrected chi connectivity index (χ2v) is 8.67. The number of hydrogen-bond acceptors (Lipinski definition) is 5. The van der Waals surface area contributed by atoms with Gasteiger partial charge in [-0.1, -0.05) is 6.07 Å². The number of aromatic nitrogens is 1. The number of pyridine rings is 1. The highest BCUT2D eigenvalue weighted by Gasteiger charge is 2.45. The predicted octanol–water partition coefficient (Wildman–Crippen LogP) is 2.94. The Morgan fingerprint density at radius 1 is 1.32 bits per heavy atom. The van der Waals surface area contributed by atoms with Crippen LogP contribution in [0.1, 0.15) is 25.5 Å². The van der Waals surface area contributed by atoms with Crippen molar-refractivity contribution in [1.82, 2.24) is 15.2 Å². The number of halogens is 1. The summed E-state index contributed by atoms with van der Waals surface area (Å²) >= 11 is 0. The van der Waals surface area contributed by atoms with E-state index in [0.29, 0.717) is 16.8 Å². The van der Waals surface area contributed by atoms with Gasteiger partial charge in [0.2, 0.25) is 5.91 Å². The van der Waals surface area contributed by atoms with Crippen LogP contribution in [0.4, 0.5) is 14.9 Å². The average Bonchev–Trinajstić information content (AvgIpc) is 3.39. The van der Waals surface area contributed by atoms with Crippen LogP contribution in [-0.4, -0.2) is 61.7 Å². The molecule has 0 unspecified atom stereocenters. The number of carbonyl (C=O) groups is 2. The first-order valence-corrected chi connectivity index (χ1v) is 10.4. The molecule has 1 atom stereocenters. The number of nitrogens with zero attached hydrogens (tertiary/aromatic N) is 3. The second-order valence-electron chi connectivity index (χ2n) is 8.67. The molecular weight excluding hydrogens is 399 g/mol. The van der Waals surface area contributed by atoms with Gasteiger partial charge in [0.1, 0.15) is 11.9 Å². The molecule has 2 aromatic rings. The lowest BCUT2D eigenvalue weighted by Crippen LogP contribution is -2.33. The molecule has 0 spiro atoms. The first-order chi connectivity index (χ1) is 14.8. The van der Waals surface area contributed by atoms with Crippen molar-refractivity contribution >= 4 is 17.7 Å². The van der Waals surface area contributed by atoms with E-state index < -0.39 is 18.0 Å². The minimum atomic E-state index is -0.552. The molecule has 1 aliphatic heterocycles. The minimum absolute atomic E-state index is 0.119. The quantitative estimate of drug-likeness (QED) is 0.737. The van der Waals surface area contributed by atoms with Crippen molar-refractivity contribution in [3.8, 4) is 11.1 Å². The highest BCUT2D eigenvalue weighted by atomic mass is 19.1. The summed E-state index contributed by atoms with van der Waals surface area (Å²) in [5, 5.41) is 2.63. The van der Waals surface area contributed by atoms with Crippen molar-refractivity contribution in [3.05, 3.63) is 48.0 Å². The van der Waals surface area contributed by atoms with Crippen molar-refractivity contribution in [3.63, 3.8) is 0 Å². The molecule has 1 saturated heterocycles. The predicted molar refractivity (Wildman–Crippen MR) is 115 cm³/mol. The summed E-state index contributed by atoms with van der Waals surface area (Å²) in [6.45, 7) is 2.83. The van der Waals surface area contributed by atoms with Crippen LogP contribution in [0.3, 0.4) is 0 Å². The Morgan fingerprint density at radius 2 is 2.10 bits per heavy atom. The van der Waals surface area contributed by atoms with Crippen LogP contribution < -0.4 is 10.2 Å². The summed E-state index contributed by atoms with van der Waals surface area (Å²) in [5.74, 6) is -0.626. The third-order valence-corrected chi connectivity index (χ3v) is 5.81. The van der Waals surface area contributed by atoms with E-state index in [1.165, 1.54) is 17.9 Å². The Labute approximate surface area is 181 Å². The lowest BCUT2D eigenvalue weighted by atomic mass is 9.99. The molecule has 1 aromatic carbocycles. The van der Waals surface area contributed by atoms with Gasteiger partial charge in [0.05, 0.1) is 18.8 Å². The van der Waals surface area contributed by atoms with E-state index in [4.69, 9.17) is 4.74 Å². The normalized spacial score (nSPS) is 19.5. The van der Waals surface area contributed by atoms with Crippen LogP contribution >= 0.6 is 0 Å². The summed E-state index contributed by atoms with van der Waals surface area (Å²) in [5.41, 5.74) is 2.72. The monoisotopic (exact) mass is 426 g/mol. The molecule has 1 aliphatic carbocycles. The van der Waals surface area contributed by atoms with Crippen molar-refractivity contribution in [1.29, 1.82) is 0 Å². The summed E-state index contributed by atoms with van der Waals surface area (Å²) in [4.78, 5) is 31.4. The van der Waals surface area contributed by atoms with Crippen molar-refractivity contribution < 1.29 is 18.7 Å². The minimum Gasteiger partial charge on any atom is -0.442 e. The van der Waals surface area contributed by atoms with E-state index in [2.05, 4.69) is 29.3 Å². The van der Waals surface area contributed by atoms with Gasteiger partial charge in [0.25, 0.3) is 0 Å². The SMILES string of the molecule is CC(=O)NC[C@H]1CN(c2ccc(-c3ccc(C4(CN(C)C)CC4)nc3)c(F)c2)C(=O)O1. The largest absolute Gasteiger partial charge is 0.442 e. The molecule has 8 heteroatoms. The Morgan fingerprint density at radius 3 is 2.68 bits per heavy atom. The number of rotatable bonds is 7. The molecule has 7 nitrogen and oxygen atoms in total. The van der Waals surface area contributed by atoms with Gasteiger partial charge in [0.15, 0.2) is 0 Å². The van der Waals surface area contributed by atoms with E-state index in [9.17, 15) is 14.0 Å². The van der Waals surface area contributed by atoms with Crippen LogP contribution in [0.25, 0.3) is 11.1 Å². The fraction of sp³-hybridized carbons (Fsp3) is 0.435. The number of carbonyl (C=O) groups excluding carboxylic acids is 2. The topological polar surface area (TPSA) is 74.8 Å². The van der Waals surface area contributed by atoms with Gasteiger partial charge < -0.3 is 15.0 Å². The van der Waals surface area contributed by atoms with Gasteiger partial charge >= 0.3 is 6.09 Å². The molecule has 4 rings (SSSR count). The smallest absolute Gasteiger partial charge is 0.414 e. The summed E-state index contributed by atoms with van der Waals surface area (Å²) in [7, 11) is 4.12. The number of hydrogen-bond donors (Lipinski definition) is 1. The van der Waals surface area contributed by atoms with Crippen LogP contribution in [0.2, 0.25) is 0 Å². The third-order valence-electron chi connectivity index (χ3n) is 5.81. The number of likely N-dealkylation sites (N-methyl/N-ethyl adjacent to an activating group) is 1. The molecule has 0 bridgehead atoms. The Kier molecular flexibility index (Phi) is 5.66. The maximum atomic E-state index is 14.9. The van der Waals surface area contributed by atoms with Gasteiger partial charge in [0, 0.05) is 41.9 Å². The van der Waals surface area contributed by atoms with Crippen LogP contribution in [0.15, 0.2) is 36.5 Å². The van der Waals surface area contributed by atoms with Gasteiger partial charge in [-0.25, -0.2) is 9.18 Å². The van der Waals surface area contributed by atoms with Gasteiger partial charge in [-0.15, -0.1) is 0 Å². The lowest BCUT2D eigenvalue weighted by Gasteiger charge is -2.20. The van der Waals surface area contributed by atoms with E-state index in [-0.39, 0.29) is 24.4 Å². The first kappa shape index (κ1) is 21.2. The molecule has 164 valence electrons. The number of ether oxygens (including phenoxy) is 1. The molecule has 2 aliphatic rings. The van der Waals surface area contributed by atoms with Gasteiger partial charge in [-0.2, -0.15) is 0 Å². The maximum absolute atomic E-state index is 14.9. The number of benzene rings is 1. The average molecular weight is 426 g/mol. The fourth-order valence-electron chi connectivity index (χ4n) is 4.12. The Hall–Kier alpha value is -3.00. The third kappa shape index (κ3) is 4.54. The highest BCUT2D eigenvalue weighted by molar-refractivity contribution is 5.90. The zero-order valence-electron chi connectivity index (χ0n) is 18.0. The molecule has 0 radical (unpaired) electrons. The van der Waals surface area contributed by atoms with Crippen LogP contribution in [0, 0.1) is 5.82 Å². The highest BCUT2D eigenvalue weighted by Crippen LogP contribution is 2.47. The first-order valence-electron chi connectivity index (χ1n) is 10.4. The van der Waals surface area contributed by atoms with E-state index in [1.807, 2.05) is 12.1 Å². The summed E-state index contributed by atoms with van der Waals surface area (Å²) < 4.78 is 20.2. The van der Waals surface area contributed by atoms with E-state index >= 15 is 0 Å². The molecule has 1 N–H and O–H groups in total. The zero-order chi connectivity index (χ0) is 22.2. The van der Waals surface area contributed by atoms with Crippen LogP contribution in [-0.2, 0) is 14.9 Å². The summed E-state index contributed by atoms with van der Waals surface area (Å²) in [6.07, 6.45) is 2.94. The molecular formula is C23H27FN4O3. The fourth-order valence-corrected chi connectivity index (χ4v) is 4.12. The molecule has 2 amide bonds. The van der Waals surface area contributed by atoms with E-state index in [1.54, 1.807) is 18.3 Å². The maximum Gasteiger partial charge on any atom is 0.414 e. The van der Waals surface area contributed by atoms with Crippen molar-refractivity contribution in [2.45, 2.75) is 31.3 Å². The van der Waals surface area contributed by atoms with Crippen LogP contribution in [0.5, 0.6) is 0 Å². The Bertz CT molecular complexity index is 989. The number of anilines is 1. The van der Waals surface area contributed by atoms with Gasteiger partial charge in [-0.3, -0.25) is 14.7 Å². The standard InChI is InChI=1S/C23H27FN4O3/c1-15(29)25-12-18-13-28(22(30)31-18)17-5-6-19(20(24)10-17)16-4-7-21(26-11-16)23(8-9-23)14-27(2)3/h4-7,10-11,18H,8-9,12-14H2,1-3H3,(H,25,29)/t18-/m0/s1. The molecule has 1 aromatic heterocycles. The van der Waals surface area contributed by atoms with Gasteiger partial charge in [-0.05, 0) is 51.2 Å². The lowest BCUT2D eigenvalue weighted by molar-refractivity contribution is -0.119. The molecule has 2 heterocycles. The zero-order valence-corrected chi connectivity index (χ0v) is 18.0. The summed E-state index contributed by atoms with van der Waals surface area (Å²) in [6, 6.07) is 8.58. The number of cyclic esters (lactones) is 1. The van der Waals surface area contributed by atoms with Crippen molar-refractivity contribution in [2.24, 2.45) is 0 Å². The van der Waals surface area contributed by atoms with Crippen molar-refractivity contribution in [2.75, 3.05) is 38.6 Å². The van der Waals surface area contributed by atoms with E-state index in [0.717, 1.165) is 25.1 Å². The number of nitrogens with one attached hydrogen (secondary N) is 1. The number of amides is 2. The molecule has 1 saturated carbocycles. The Balaban J connectivity index is 1.48.